The van der Waals surface area contributed by atoms with Crippen LogP contribution in [0.25, 0.3) is 0 Å². The van der Waals surface area contributed by atoms with Crippen molar-refractivity contribution in [2.24, 2.45) is 0 Å². The van der Waals surface area contributed by atoms with Gasteiger partial charge in [-0.2, -0.15) is 0 Å². The van der Waals surface area contributed by atoms with Crippen molar-refractivity contribution in [1.29, 1.82) is 0 Å². The maximum Gasteiger partial charge on any atom is 0.257 e. The molecule has 2 aliphatic rings. The average molecular weight is 494 g/mol. The van der Waals surface area contributed by atoms with Crippen LogP contribution >= 0.6 is 34.7 Å². The molecular formula is C21H24ClN5O3S2. The van der Waals surface area contributed by atoms with Crippen molar-refractivity contribution in [3.63, 3.8) is 0 Å². The summed E-state index contributed by atoms with van der Waals surface area (Å²) in [7, 11) is 0. The monoisotopic (exact) mass is 493 g/mol. The van der Waals surface area contributed by atoms with Crippen molar-refractivity contribution in [3.05, 3.63) is 45.9 Å². The van der Waals surface area contributed by atoms with Gasteiger partial charge in [-0.05, 0) is 24.3 Å². The smallest absolute Gasteiger partial charge is 0.257 e. The fraction of sp³-hybridized carbons (Fsp3) is 0.429. The number of nitrogens with one attached hydrogen (secondary N) is 1. The molecule has 32 heavy (non-hydrogen) atoms. The van der Waals surface area contributed by atoms with E-state index in [1.807, 2.05) is 9.80 Å². The second kappa shape index (κ2) is 10.7. The molecule has 0 aliphatic carbocycles. The number of hydrogen-bond donors (Lipinski definition) is 1. The van der Waals surface area contributed by atoms with Crippen molar-refractivity contribution in [2.75, 3.05) is 56.2 Å². The number of carbonyl (C=O) groups excluding carboxylic acids is 3. The van der Waals surface area contributed by atoms with Gasteiger partial charge in [0.05, 0.1) is 24.5 Å². The molecule has 0 unspecified atom stereocenters. The first-order chi connectivity index (χ1) is 15.5. The number of thiazole rings is 1. The van der Waals surface area contributed by atoms with Gasteiger partial charge in [-0.1, -0.05) is 11.6 Å². The van der Waals surface area contributed by atoms with Gasteiger partial charge in [-0.15, -0.1) is 23.1 Å². The van der Waals surface area contributed by atoms with Crippen LogP contribution in [0.3, 0.4) is 0 Å². The number of rotatable bonds is 6. The maximum absolute atomic E-state index is 12.7. The molecule has 0 spiro atoms. The normalized spacial score (nSPS) is 16.9. The van der Waals surface area contributed by atoms with E-state index in [2.05, 4.69) is 15.2 Å². The number of nitrogens with zero attached hydrogens (tertiary/aromatic N) is 4. The van der Waals surface area contributed by atoms with Crippen LogP contribution in [-0.4, -0.2) is 88.3 Å². The second-order valence-corrected chi connectivity index (χ2v) is 10.0. The van der Waals surface area contributed by atoms with Gasteiger partial charge in [0.1, 0.15) is 0 Å². The van der Waals surface area contributed by atoms with Gasteiger partial charge in [-0.3, -0.25) is 24.6 Å². The molecule has 2 saturated heterocycles. The molecule has 1 aromatic heterocycles. The van der Waals surface area contributed by atoms with Gasteiger partial charge in [-0.25, -0.2) is 4.98 Å². The van der Waals surface area contributed by atoms with E-state index in [-0.39, 0.29) is 24.1 Å². The van der Waals surface area contributed by atoms with E-state index in [9.17, 15) is 14.4 Å². The number of amides is 3. The number of benzene rings is 1. The number of thioether (sulfide) groups is 1. The molecule has 11 heteroatoms. The van der Waals surface area contributed by atoms with Crippen molar-refractivity contribution in [1.82, 2.24) is 19.7 Å². The van der Waals surface area contributed by atoms with Crippen molar-refractivity contribution < 1.29 is 14.4 Å². The SMILES string of the molecule is O=C(Nc1nc(CC(=O)N2CCN(CC(=O)N3CCSC3)CC2)cs1)c1ccc(Cl)cc1. The highest BCUT2D eigenvalue weighted by Gasteiger charge is 2.25. The molecule has 3 heterocycles. The minimum atomic E-state index is -0.271. The summed E-state index contributed by atoms with van der Waals surface area (Å²) in [6.07, 6.45) is 0.192. The molecule has 4 rings (SSSR count). The lowest BCUT2D eigenvalue weighted by atomic mass is 10.2. The Bertz CT molecular complexity index is 970. The van der Waals surface area contributed by atoms with Crippen LogP contribution in [0.1, 0.15) is 16.1 Å². The highest BCUT2D eigenvalue weighted by molar-refractivity contribution is 7.99. The second-order valence-electron chi connectivity index (χ2n) is 7.63. The molecule has 8 nitrogen and oxygen atoms in total. The summed E-state index contributed by atoms with van der Waals surface area (Å²) in [5.74, 6) is 1.70. The van der Waals surface area contributed by atoms with Crippen LogP contribution in [0.15, 0.2) is 29.6 Å². The standard InChI is InChI=1S/C21H24ClN5O3S2/c22-16-3-1-15(2-4-16)20(30)24-21-23-17(13-32-21)11-18(28)26-7-5-25(6-8-26)12-19(29)27-9-10-31-14-27/h1-4,13H,5-12,14H2,(H,23,24,30). The minimum absolute atomic E-state index is 0.00722. The van der Waals surface area contributed by atoms with E-state index in [4.69, 9.17) is 11.6 Å². The Balaban J connectivity index is 1.22. The van der Waals surface area contributed by atoms with Crippen LogP contribution in [0.4, 0.5) is 5.13 Å². The Kier molecular flexibility index (Phi) is 7.67. The molecule has 3 amide bonds. The van der Waals surface area contributed by atoms with E-state index >= 15 is 0 Å². The third-order valence-corrected chi connectivity index (χ3v) is 7.42. The highest BCUT2D eigenvalue weighted by Crippen LogP contribution is 2.19. The third-order valence-electron chi connectivity index (χ3n) is 5.40. The van der Waals surface area contributed by atoms with Gasteiger partial charge in [0.25, 0.3) is 5.91 Å². The quantitative estimate of drug-likeness (QED) is 0.664. The van der Waals surface area contributed by atoms with Gasteiger partial charge in [0.2, 0.25) is 11.8 Å². The summed E-state index contributed by atoms with van der Waals surface area (Å²) < 4.78 is 0. The molecule has 0 atom stereocenters. The largest absolute Gasteiger partial charge is 0.340 e. The summed E-state index contributed by atoms with van der Waals surface area (Å²) in [5, 5.41) is 5.56. The predicted octanol–water partition coefficient (Wildman–Crippen LogP) is 2.27. The van der Waals surface area contributed by atoms with Crippen LogP contribution in [-0.2, 0) is 16.0 Å². The summed E-state index contributed by atoms with van der Waals surface area (Å²) in [6.45, 7) is 3.84. The van der Waals surface area contributed by atoms with E-state index in [0.717, 1.165) is 18.2 Å². The first-order valence-corrected chi connectivity index (χ1v) is 12.8. The number of hydrogen-bond acceptors (Lipinski definition) is 7. The van der Waals surface area contributed by atoms with Gasteiger partial charge in [0, 0.05) is 54.4 Å². The topological polar surface area (TPSA) is 85.9 Å². The first-order valence-electron chi connectivity index (χ1n) is 10.3. The summed E-state index contributed by atoms with van der Waals surface area (Å²) in [4.78, 5) is 47.5. The number of aromatic nitrogens is 1. The molecule has 2 aliphatic heterocycles. The molecule has 1 aromatic carbocycles. The summed E-state index contributed by atoms with van der Waals surface area (Å²) >= 11 is 8.93. The molecule has 0 bridgehead atoms. The zero-order chi connectivity index (χ0) is 22.5. The van der Waals surface area contributed by atoms with Crippen LogP contribution in [0.2, 0.25) is 5.02 Å². The average Bonchev–Trinajstić information content (AvgIpc) is 3.47. The molecule has 2 aromatic rings. The Morgan fingerprint density at radius 1 is 1.00 bits per heavy atom. The minimum Gasteiger partial charge on any atom is -0.340 e. The van der Waals surface area contributed by atoms with Gasteiger partial charge in [0.15, 0.2) is 5.13 Å². The Morgan fingerprint density at radius 3 is 2.44 bits per heavy atom. The van der Waals surface area contributed by atoms with E-state index in [1.54, 1.807) is 41.4 Å². The Morgan fingerprint density at radius 2 is 1.75 bits per heavy atom. The molecular weight excluding hydrogens is 470 g/mol. The molecule has 0 radical (unpaired) electrons. The predicted molar refractivity (Wildman–Crippen MR) is 127 cm³/mol. The van der Waals surface area contributed by atoms with E-state index < -0.39 is 0 Å². The van der Waals surface area contributed by atoms with Crippen LogP contribution in [0.5, 0.6) is 0 Å². The van der Waals surface area contributed by atoms with Crippen molar-refractivity contribution in [2.45, 2.75) is 6.42 Å². The number of anilines is 1. The number of carbonyl (C=O) groups is 3. The third kappa shape index (κ3) is 6.00. The maximum atomic E-state index is 12.7. The van der Waals surface area contributed by atoms with E-state index in [0.29, 0.717) is 54.1 Å². The van der Waals surface area contributed by atoms with Crippen molar-refractivity contribution in [3.8, 4) is 0 Å². The number of halogens is 1. The molecule has 2 fully saturated rings. The Labute approximate surface area is 199 Å². The molecule has 0 saturated carbocycles. The molecule has 1 N–H and O–H groups in total. The zero-order valence-corrected chi connectivity index (χ0v) is 19.8. The lowest BCUT2D eigenvalue weighted by molar-refractivity contribution is -0.134. The first kappa shape index (κ1) is 23.0. The lowest BCUT2D eigenvalue weighted by Crippen LogP contribution is -2.51. The fourth-order valence-corrected chi connectivity index (χ4v) is 5.34. The Hall–Kier alpha value is -2.14. The fourth-order valence-electron chi connectivity index (χ4n) is 3.54. The van der Waals surface area contributed by atoms with Crippen molar-refractivity contribution >= 4 is 57.6 Å². The summed E-state index contributed by atoms with van der Waals surface area (Å²) in [5.41, 5.74) is 1.12. The van der Waals surface area contributed by atoms with E-state index in [1.165, 1.54) is 11.3 Å². The highest BCUT2D eigenvalue weighted by atomic mass is 35.5. The van der Waals surface area contributed by atoms with Crippen LogP contribution in [0, 0.1) is 0 Å². The van der Waals surface area contributed by atoms with Gasteiger partial charge < -0.3 is 9.80 Å². The zero-order valence-electron chi connectivity index (χ0n) is 17.5. The van der Waals surface area contributed by atoms with Crippen LogP contribution < -0.4 is 5.32 Å². The van der Waals surface area contributed by atoms with Gasteiger partial charge >= 0.3 is 0 Å². The number of piperazine rings is 1. The molecule has 170 valence electrons. The lowest BCUT2D eigenvalue weighted by Gasteiger charge is -2.34. The summed E-state index contributed by atoms with van der Waals surface area (Å²) in [6, 6.07) is 6.60.